The molecule has 0 unspecified atom stereocenters. The highest BCUT2D eigenvalue weighted by Gasteiger charge is 2.30. The highest BCUT2D eigenvalue weighted by molar-refractivity contribution is 7.88. The van der Waals surface area contributed by atoms with E-state index in [0.717, 1.165) is 56.2 Å². The Morgan fingerprint density at radius 1 is 1.08 bits per heavy atom. The van der Waals surface area contributed by atoms with E-state index in [4.69, 9.17) is 32.7 Å². The van der Waals surface area contributed by atoms with Crippen LogP contribution in [0.3, 0.4) is 0 Å². The smallest absolute Gasteiger partial charge is 0.209 e. The van der Waals surface area contributed by atoms with Gasteiger partial charge in [-0.1, -0.05) is 23.2 Å². The Morgan fingerprint density at radius 2 is 1.75 bits per heavy atom. The van der Waals surface area contributed by atoms with Crippen LogP contribution in [0.4, 0.5) is 4.39 Å². The van der Waals surface area contributed by atoms with Crippen LogP contribution in [0.5, 0.6) is 5.75 Å². The van der Waals surface area contributed by atoms with Gasteiger partial charge in [-0.15, -0.1) is 0 Å². The van der Waals surface area contributed by atoms with Gasteiger partial charge in [0, 0.05) is 35.3 Å². The molecular weight excluding hydrogens is 526 g/mol. The maximum absolute atomic E-state index is 14.7. The summed E-state index contributed by atoms with van der Waals surface area (Å²) in [6, 6.07) is 8.85. The molecule has 2 fully saturated rings. The standard InChI is InChI=1S/C26H33Cl2FN2O4S/c1-34-16-25(19-9-21(27)12-22(28)10-19)31-7-5-17(6-8-31)15-35-26-13-24(29)20(14-30-36(2,32)33)11-23(26)18-3-4-18/h9-13,17-18,25,30H,3-8,14-16H2,1-2H3/t25-/m0/s1. The van der Waals surface area contributed by atoms with Gasteiger partial charge in [-0.25, -0.2) is 17.5 Å². The summed E-state index contributed by atoms with van der Waals surface area (Å²) >= 11 is 12.5. The zero-order chi connectivity index (χ0) is 25.9. The van der Waals surface area contributed by atoms with Gasteiger partial charge in [0.05, 0.1) is 25.5 Å². The topological polar surface area (TPSA) is 67.9 Å². The zero-order valence-electron chi connectivity index (χ0n) is 20.6. The van der Waals surface area contributed by atoms with Crippen molar-refractivity contribution < 1.29 is 22.3 Å². The van der Waals surface area contributed by atoms with Crippen molar-refractivity contribution in [2.24, 2.45) is 5.92 Å². The highest BCUT2D eigenvalue weighted by Crippen LogP contribution is 2.45. The molecule has 1 N–H and O–H groups in total. The van der Waals surface area contributed by atoms with Gasteiger partial charge in [0.15, 0.2) is 0 Å². The second-order valence-corrected chi connectivity index (χ2v) is 12.5. The molecule has 2 aromatic carbocycles. The maximum Gasteiger partial charge on any atom is 0.209 e. The van der Waals surface area contributed by atoms with E-state index in [1.165, 1.54) is 6.07 Å². The van der Waals surface area contributed by atoms with Crippen LogP contribution in [0, 0.1) is 11.7 Å². The van der Waals surface area contributed by atoms with Crippen LogP contribution in [-0.2, 0) is 21.3 Å². The van der Waals surface area contributed by atoms with E-state index in [1.54, 1.807) is 19.2 Å². The van der Waals surface area contributed by atoms with Gasteiger partial charge in [0.25, 0.3) is 0 Å². The molecule has 2 aromatic rings. The monoisotopic (exact) mass is 558 g/mol. The first-order valence-electron chi connectivity index (χ1n) is 12.2. The first-order valence-corrected chi connectivity index (χ1v) is 14.9. The van der Waals surface area contributed by atoms with Gasteiger partial charge >= 0.3 is 0 Å². The molecule has 1 saturated carbocycles. The first kappa shape index (κ1) is 27.6. The quantitative estimate of drug-likeness (QED) is 0.392. The molecule has 6 nitrogen and oxygen atoms in total. The average molecular weight is 560 g/mol. The Bertz CT molecular complexity index is 1150. The molecule has 1 aliphatic heterocycles. The summed E-state index contributed by atoms with van der Waals surface area (Å²) in [5.41, 5.74) is 2.35. The molecule has 0 spiro atoms. The fourth-order valence-electron chi connectivity index (χ4n) is 4.78. The molecule has 4 rings (SSSR count). The Morgan fingerprint density at radius 3 is 2.33 bits per heavy atom. The lowest BCUT2D eigenvalue weighted by Gasteiger charge is -2.37. The van der Waals surface area contributed by atoms with Gasteiger partial charge < -0.3 is 9.47 Å². The minimum Gasteiger partial charge on any atom is -0.493 e. The lowest BCUT2D eigenvalue weighted by atomic mass is 9.95. The predicted molar refractivity (Wildman–Crippen MR) is 141 cm³/mol. The maximum atomic E-state index is 14.7. The number of hydrogen-bond donors (Lipinski definition) is 1. The minimum atomic E-state index is -3.40. The molecule has 0 aromatic heterocycles. The lowest BCUT2D eigenvalue weighted by molar-refractivity contribution is 0.0556. The molecule has 0 bridgehead atoms. The summed E-state index contributed by atoms with van der Waals surface area (Å²) < 4.78 is 51.6. The number of rotatable bonds is 11. The van der Waals surface area contributed by atoms with Crippen LogP contribution >= 0.6 is 23.2 Å². The molecular formula is C26H33Cl2FN2O4S. The number of piperidine rings is 1. The van der Waals surface area contributed by atoms with E-state index < -0.39 is 15.8 Å². The molecule has 1 aliphatic carbocycles. The van der Waals surface area contributed by atoms with Crippen LogP contribution < -0.4 is 9.46 Å². The van der Waals surface area contributed by atoms with Gasteiger partial charge in [-0.2, -0.15) is 0 Å². The van der Waals surface area contributed by atoms with Crippen molar-refractivity contribution in [3.8, 4) is 5.75 Å². The van der Waals surface area contributed by atoms with E-state index in [2.05, 4.69) is 9.62 Å². The van der Waals surface area contributed by atoms with Crippen LogP contribution in [0.1, 0.15) is 54.3 Å². The van der Waals surface area contributed by atoms with Crippen molar-refractivity contribution in [2.45, 2.75) is 44.2 Å². The van der Waals surface area contributed by atoms with Gasteiger partial charge in [0.1, 0.15) is 11.6 Å². The van der Waals surface area contributed by atoms with Crippen LogP contribution in [0.25, 0.3) is 0 Å². The van der Waals surface area contributed by atoms with Crippen molar-refractivity contribution >= 4 is 33.2 Å². The molecule has 1 heterocycles. The van der Waals surface area contributed by atoms with Crippen molar-refractivity contribution in [2.75, 3.05) is 39.7 Å². The Labute approximate surface area is 223 Å². The minimum absolute atomic E-state index is 0.0659. The van der Waals surface area contributed by atoms with Crippen molar-refractivity contribution in [1.29, 1.82) is 0 Å². The Hall–Kier alpha value is -1.42. The fraction of sp³-hybridized carbons (Fsp3) is 0.538. The number of ether oxygens (including phenoxy) is 2. The van der Waals surface area contributed by atoms with E-state index in [-0.39, 0.29) is 12.6 Å². The number of sulfonamides is 1. The number of halogens is 3. The highest BCUT2D eigenvalue weighted by atomic mass is 35.5. The lowest BCUT2D eigenvalue weighted by Crippen LogP contribution is -2.39. The molecule has 1 atom stereocenters. The number of nitrogens with one attached hydrogen (secondary N) is 1. The largest absolute Gasteiger partial charge is 0.493 e. The van der Waals surface area contributed by atoms with Crippen molar-refractivity contribution in [3.05, 3.63) is 62.9 Å². The number of nitrogens with zero attached hydrogens (tertiary/aromatic N) is 1. The number of likely N-dealkylation sites (tertiary alicyclic amines) is 1. The second-order valence-electron chi connectivity index (χ2n) is 9.81. The summed E-state index contributed by atoms with van der Waals surface area (Å²) in [5, 5.41) is 1.22. The normalized spacial score (nSPS) is 18.4. The summed E-state index contributed by atoms with van der Waals surface area (Å²) in [6.45, 7) is 2.76. The Balaban J connectivity index is 1.37. The third-order valence-corrected chi connectivity index (χ3v) is 7.98. The molecule has 2 aliphatic rings. The molecule has 1 saturated heterocycles. The third-order valence-electron chi connectivity index (χ3n) is 6.88. The predicted octanol–water partition coefficient (Wildman–Crippen LogP) is 5.54. The fourth-order valence-corrected chi connectivity index (χ4v) is 5.74. The summed E-state index contributed by atoms with van der Waals surface area (Å²) in [6.07, 6.45) is 5.04. The molecule has 0 radical (unpaired) electrons. The Kier molecular flexibility index (Phi) is 9.18. The number of methoxy groups -OCH3 is 1. The van der Waals surface area contributed by atoms with E-state index >= 15 is 0 Å². The van der Waals surface area contributed by atoms with Gasteiger partial charge in [-0.3, -0.25) is 4.90 Å². The van der Waals surface area contributed by atoms with E-state index in [0.29, 0.717) is 46.4 Å². The second kappa shape index (κ2) is 12.0. The molecule has 36 heavy (non-hydrogen) atoms. The SMILES string of the molecule is COC[C@@H](c1cc(Cl)cc(Cl)c1)N1CCC(COc2cc(F)c(CNS(C)(=O)=O)cc2C2CC2)CC1. The summed E-state index contributed by atoms with van der Waals surface area (Å²) in [4.78, 5) is 2.39. The van der Waals surface area contributed by atoms with E-state index in [9.17, 15) is 12.8 Å². The van der Waals surface area contributed by atoms with Crippen LogP contribution in [-0.4, -0.2) is 53.0 Å². The summed E-state index contributed by atoms with van der Waals surface area (Å²) in [7, 11) is -1.71. The number of hydrogen-bond acceptors (Lipinski definition) is 5. The van der Waals surface area contributed by atoms with Gasteiger partial charge in [0.2, 0.25) is 10.0 Å². The van der Waals surface area contributed by atoms with Crippen LogP contribution in [0.15, 0.2) is 30.3 Å². The molecule has 198 valence electrons. The third kappa shape index (κ3) is 7.55. The van der Waals surface area contributed by atoms with Crippen LogP contribution in [0.2, 0.25) is 10.0 Å². The van der Waals surface area contributed by atoms with E-state index in [1.807, 2.05) is 12.1 Å². The number of benzene rings is 2. The van der Waals surface area contributed by atoms with Crippen molar-refractivity contribution in [1.82, 2.24) is 9.62 Å². The summed E-state index contributed by atoms with van der Waals surface area (Å²) in [5.74, 6) is 0.821. The zero-order valence-corrected chi connectivity index (χ0v) is 22.9. The first-order chi connectivity index (χ1) is 17.1. The molecule has 0 amide bonds. The average Bonchev–Trinajstić information content (AvgIpc) is 3.65. The molecule has 10 heteroatoms. The van der Waals surface area contributed by atoms with Crippen molar-refractivity contribution in [3.63, 3.8) is 0 Å². The van der Waals surface area contributed by atoms with Gasteiger partial charge in [-0.05, 0) is 86.0 Å².